The number of rotatable bonds is 2. The van der Waals surface area contributed by atoms with Gasteiger partial charge in [-0.05, 0) is 44.6 Å². The van der Waals surface area contributed by atoms with Crippen LogP contribution in [0.2, 0.25) is 5.02 Å². The molecule has 1 aliphatic rings. The first-order chi connectivity index (χ1) is 13.8. The van der Waals surface area contributed by atoms with Crippen LogP contribution in [0.3, 0.4) is 0 Å². The zero-order valence-corrected chi connectivity index (χ0v) is 16.9. The van der Waals surface area contributed by atoms with Crippen LogP contribution in [0.1, 0.15) is 23.5 Å². The highest BCUT2D eigenvalue weighted by molar-refractivity contribution is 6.33. The number of aliphatic hydroxyl groups is 1. The van der Waals surface area contributed by atoms with Gasteiger partial charge in [-0.3, -0.25) is 4.79 Å². The Balaban J connectivity index is 1.99. The molecule has 2 atom stereocenters. The predicted octanol–water partition coefficient (Wildman–Crippen LogP) is 3.61. The van der Waals surface area contributed by atoms with Gasteiger partial charge in [0.05, 0.1) is 11.1 Å². The number of hydrogen-bond donors (Lipinski definition) is 3. The van der Waals surface area contributed by atoms with Gasteiger partial charge in [-0.1, -0.05) is 17.7 Å². The summed E-state index contributed by atoms with van der Waals surface area (Å²) < 4.78 is 6.04. The van der Waals surface area contributed by atoms with E-state index in [-0.39, 0.29) is 28.2 Å². The minimum atomic E-state index is -0.746. The molecule has 0 unspecified atom stereocenters. The third-order valence-electron chi connectivity index (χ3n) is 5.54. The second-order valence-electron chi connectivity index (χ2n) is 7.72. The van der Waals surface area contributed by atoms with Crippen LogP contribution in [0.5, 0.6) is 11.5 Å². The molecule has 6 nitrogen and oxygen atoms in total. The normalized spacial score (nSPS) is 20.3. The molecule has 0 amide bonds. The smallest absolute Gasteiger partial charge is 0.197 e. The SMILES string of the molecule is Cc1ccc(-c2cc(=O)c3c(O)cc(O)c([C@H]4CCN(C)C[C@H]4O)c3o2)c(Cl)c1. The van der Waals surface area contributed by atoms with Crippen molar-refractivity contribution in [2.75, 3.05) is 20.1 Å². The maximum Gasteiger partial charge on any atom is 0.197 e. The number of aliphatic hydroxyl groups excluding tert-OH is 1. The minimum absolute atomic E-state index is 0.0177. The number of aromatic hydroxyl groups is 2. The van der Waals surface area contributed by atoms with Crippen molar-refractivity contribution in [1.82, 2.24) is 4.90 Å². The molecule has 152 valence electrons. The van der Waals surface area contributed by atoms with Gasteiger partial charge in [0.25, 0.3) is 0 Å². The number of fused-ring (bicyclic) bond motifs is 1. The Morgan fingerprint density at radius 1 is 1.17 bits per heavy atom. The molecule has 4 rings (SSSR count). The second kappa shape index (κ2) is 7.37. The van der Waals surface area contributed by atoms with E-state index in [0.29, 0.717) is 29.1 Å². The number of phenols is 2. The van der Waals surface area contributed by atoms with Crippen molar-refractivity contribution in [3.8, 4) is 22.8 Å². The third-order valence-corrected chi connectivity index (χ3v) is 5.86. The van der Waals surface area contributed by atoms with Crippen molar-refractivity contribution < 1.29 is 19.7 Å². The summed E-state index contributed by atoms with van der Waals surface area (Å²) in [6, 6.07) is 7.80. The molecule has 0 saturated carbocycles. The van der Waals surface area contributed by atoms with E-state index in [1.165, 1.54) is 6.07 Å². The predicted molar refractivity (Wildman–Crippen MR) is 112 cm³/mol. The largest absolute Gasteiger partial charge is 0.507 e. The van der Waals surface area contributed by atoms with Gasteiger partial charge < -0.3 is 24.6 Å². The molecule has 0 radical (unpaired) electrons. The Hall–Kier alpha value is -2.54. The Kier molecular flexibility index (Phi) is 5.02. The molecule has 2 aromatic carbocycles. The van der Waals surface area contributed by atoms with Crippen LogP contribution in [0.15, 0.2) is 39.5 Å². The Morgan fingerprint density at radius 3 is 2.62 bits per heavy atom. The van der Waals surface area contributed by atoms with Gasteiger partial charge in [0.2, 0.25) is 0 Å². The topological polar surface area (TPSA) is 94.1 Å². The highest BCUT2D eigenvalue weighted by atomic mass is 35.5. The van der Waals surface area contributed by atoms with Crippen LogP contribution in [-0.4, -0.2) is 46.5 Å². The first kappa shape index (κ1) is 19.8. The highest BCUT2D eigenvalue weighted by Gasteiger charge is 2.33. The van der Waals surface area contributed by atoms with Gasteiger partial charge >= 0.3 is 0 Å². The summed E-state index contributed by atoms with van der Waals surface area (Å²) >= 11 is 6.35. The van der Waals surface area contributed by atoms with Gasteiger partial charge in [-0.25, -0.2) is 0 Å². The fourth-order valence-electron chi connectivity index (χ4n) is 4.06. The summed E-state index contributed by atoms with van der Waals surface area (Å²) in [7, 11) is 1.91. The van der Waals surface area contributed by atoms with Gasteiger partial charge in [-0.15, -0.1) is 0 Å². The summed E-state index contributed by atoms with van der Waals surface area (Å²) in [6.07, 6.45) is -0.172. The lowest BCUT2D eigenvalue weighted by Gasteiger charge is -2.34. The molecule has 0 aliphatic carbocycles. The first-order valence-corrected chi connectivity index (χ1v) is 9.80. The lowest BCUT2D eigenvalue weighted by Crippen LogP contribution is -2.40. The molecule has 3 N–H and O–H groups in total. The van der Waals surface area contributed by atoms with Gasteiger partial charge in [0, 0.05) is 35.7 Å². The lowest BCUT2D eigenvalue weighted by atomic mass is 9.85. The molecule has 0 spiro atoms. The number of β-amino-alcohol motifs (C(OH)–C–C–N with tert-alkyl or cyclic N) is 1. The van der Waals surface area contributed by atoms with E-state index in [0.717, 1.165) is 18.2 Å². The Labute approximate surface area is 172 Å². The Morgan fingerprint density at radius 2 is 1.93 bits per heavy atom. The zero-order valence-electron chi connectivity index (χ0n) is 16.1. The average Bonchev–Trinajstić information content (AvgIpc) is 2.62. The Bertz CT molecular complexity index is 1160. The van der Waals surface area contributed by atoms with Crippen molar-refractivity contribution in [1.29, 1.82) is 0 Å². The number of likely N-dealkylation sites (N-methyl/N-ethyl adjacent to an activating group) is 1. The van der Waals surface area contributed by atoms with Crippen molar-refractivity contribution in [2.24, 2.45) is 0 Å². The standard InChI is InChI=1S/C22H22ClNO5/c1-11-3-4-12(14(23)7-11)19-9-17(27)21-16(26)8-15(25)20(22(21)29-19)13-5-6-24(2)10-18(13)28/h3-4,7-9,13,18,25-26,28H,5-6,10H2,1-2H3/t13-,18+/m0/s1. The summed E-state index contributed by atoms with van der Waals surface area (Å²) in [5, 5.41) is 31.9. The van der Waals surface area contributed by atoms with E-state index in [1.807, 2.05) is 24.9 Å². The maximum atomic E-state index is 12.8. The van der Waals surface area contributed by atoms with Crippen LogP contribution in [0, 0.1) is 6.92 Å². The second-order valence-corrected chi connectivity index (χ2v) is 8.12. The fraction of sp³-hybridized carbons (Fsp3) is 0.318. The summed E-state index contributed by atoms with van der Waals surface area (Å²) in [6.45, 7) is 3.05. The summed E-state index contributed by atoms with van der Waals surface area (Å²) in [5.41, 5.74) is 1.47. The highest BCUT2D eigenvalue weighted by Crippen LogP contribution is 2.43. The molecule has 1 saturated heterocycles. The number of piperidine rings is 1. The molecular formula is C22H22ClNO5. The van der Waals surface area contributed by atoms with Crippen molar-refractivity contribution >= 4 is 22.6 Å². The summed E-state index contributed by atoms with van der Waals surface area (Å²) in [5.74, 6) is -0.764. The van der Waals surface area contributed by atoms with Crippen molar-refractivity contribution in [3.05, 3.63) is 56.7 Å². The molecule has 2 heterocycles. The minimum Gasteiger partial charge on any atom is -0.507 e. The number of nitrogens with zero attached hydrogens (tertiary/aromatic N) is 1. The van der Waals surface area contributed by atoms with E-state index >= 15 is 0 Å². The molecule has 1 aliphatic heterocycles. The van der Waals surface area contributed by atoms with Gasteiger partial charge in [0.15, 0.2) is 5.43 Å². The van der Waals surface area contributed by atoms with E-state index in [1.54, 1.807) is 12.1 Å². The van der Waals surface area contributed by atoms with Crippen molar-refractivity contribution in [2.45, 2.75) is 25.4 Å². The number of halogens is 1. The number of benzene rings is 2. The summed E-state index contributed by atoms with van der Waals surface area (Å²) in [4.78, 5) is 14.8. The average molecular weight is 416 g/mol. The molecule has 3 aromatic rings. The van der Waals surface area contributed by atoms with E-state index < -0.39 is 17.5 Å². The number of likely N-dealkylation sites (tertiary alicyclic amines) is 1. The van der Waals surface area contributed by atoms with Crippen LogP contribution in [0.25, 0.3) is 22.3 Å². The molecule has 1 fully saturated rings. The monoisotopic (exact) mass is 415 g/mol. The van der Waals surface area contributed by atoms with E-state index in [9.17, 15) is 20.1 Å². The third kappa shape index (κ3) is 3.48. The molecule has 7 heteroatoms. The maximum absolute atomic E-state index is 12.8. The van der Waals surface area contributed by atoms with Gasteiger partial charge in [0.1, 0.15) is 28.2 Å². The van der Waals surface area contributed by atoms with Crippen LogP contribution in [0.4, 0.5) is 0 Å². The molecule has 1 aromatic heterocycles. The number of aryl methyl sites for hydroxylation is 1. The van der Waals surface area contributed by atoms with E-state index in [2.05, 4.69) is 0 Å². The lowest BCUT2D eigenvalue weighted by molar-refractivity contribution is 0.0630. The number of phenolic OH excluding ortho intramolecular Hbond substituents is 2. The zero-order chi connectivity index (χ0) is 20.9. The fourth-order valence-corrected chi connectivity index (χ4v) is 4.39. The van der Waals surface area contributed by atoms with Crippen LogP contribution < -0.4 is 5.43 Å². The van der Waals surface area contributed by atoms with Crippen LogP contribution in [-0.2, 0) is 0 Å². The number of hydrogen-bond acceptors (Lipinski definition) is 6. The van der Waals surface area contributed by atoms with E-state index in [4.69, 9.17) is 16.0 Å². The molecule has 29 heavy (non-hydrogen) atoms. The first-order valence-electron chi connectivity index (χ1n) is 9.42. The quantitative estimate of drug-likeness (QED) is 0.592. The van der Waals surface area contributed by atoms with Gasteiger partial charge in [-0.2, -0.15) is 0 Å². The van der Waals surface area contributed by atoms with Crippen molar-refractivity contribution in [3.63, 3.8) is 0 Å². The molecular weight excluding hydrogens is 394 g/mol. The van der Waals surface area contributed by atoms with Crippen LogP contribution >= 0.6 is 11.6 Å². The molecule has 0 bridgehead atoms.